The summed E-state index contributed by atoms with van der Waals surface area (Å²) in [6.45, 7) is 2.92. The molecule has 0 atom stereocenters. The molecule has 0 aromatic carbocycles. The summed E-state index contributed by atoms with van der Waals surface area (Å²) in [5, 5.41) is 22.4. The van der Waals surface area contributed by atoms with Crippen LogP contribution in [0.4, 0.5) is 5.82 Å². The fourth-order valence-corrected chi connectivity index (χ4v) is 3.07. The average molecular weight is 292 g/mol. The van der Waals surface area contributed by atoms with Gasteiger partial charge in [-0.2, -0.15) is 5.10 Å². The number of hydrogen-bond acceptors (Lipinski definition) is 6. The lowest BCUT2D eigenvalue weighted by Gasteiger charge is -2.28. The first kappa shape index (κ1) is 15.9. The molecule has 0 aliphatic rings. The Morgan fingerprint density at radius 1 is 1.42 bits per heavy atom. The van der Waals surface area contributed by atoms with Gasteiger partial charge in [-0.25, -0.2) is 13.1 Å². The molecular formula is C10H20N4O4S. The van der Waals surface area contributed by atoms with E-state index >= 15 is 0 Å². The molecule has 0 spiro atoms. The van der Waals surface area contributed by atoms with Crippen molar-refractivity contribution in [3.05, 3.63) is 6.20 Å². The maximum Gasteiger partial charge on any atom is 0.246 e. The Hall–Kier alpha value is -1.16. The van der Waals surface area contributed by atoms with Crippen molar-refractivity contribution < 1.29 is 18.6 Å². The van der Waals surface area contributed by atoms with Gasteiger partial charge >= 0.3 is 0 Å². The van der Waals surface area contributed by atoms with E-state index in [9.17, 15) is 18.6 Å². The van der Waals surface area contributed by atoms with Crippen molar-refractivity contribution in [2.24, 2.45) is 0 Å². The van der Waals surface area contributed by atoms with Crippen molar-refractivity contribution >= 4 is 15.8 Å². The highest BCUT2D eigenvalue weighted by Crippen LogP contribution is 2.20. The van der Waals surface area contributed by atoms with Gasteiger partial charge in [0.25, 0.3) is 0 Å². The normalized spacial score (nSPS) is 12.8. The average Bonchev–Trinajstić information content (AvgIpc) is 2.78. The van der Waals surface area contributed by atoms with Crippen LogP contribution in [0.3, 0.4) is 0 Å². The van der Waals surface area contributed by atoms with Crippen molar-refractivity contribution in [2.45, 2.75) is 37.2 Å². The molecule has 0 aliphatic carbocycles. The second-order valence-corrected chi connectivity index (χ2v) is 5.94. The van der Waals surface area contributed by atoms with Crippen molar-refractivity contribution in [1.29, 1.82) is 0 Å². The summed E-state index contributed by atoms with van der Waals surface area (Å²) in [7, 11) is -3.95. The molecule has 1 heterocycles. The zero-order valence-corrected chi connectivity index (χ0v) is 11.8. The van der Waals surface area contributed by atoms with Crippen LogP contribution in [0.15, 0.2) is 11.1 Å². The summed E-state index contributed by atoms with van der Waals surface area (Å²) in [4.78, 5) is -0.158. The van der Waals surface area contributed by atoms with Crippen molar-refractivity contribution in [1.82, 2.24) is 14.5 Å². The first-order valence-corrected chi connectivity index (χ1v) is 7.41. The Balaban J connectivity index is 3.13. The van der Waals surface area contributed by atoms with Gasteiger partial charge in [-0.05, 0) is 13.3 Å². The van der Waals surface area contributed by atoms with Crippen LogP contribution in [0.25, 0.3) is 0 Å². The van der Waals surface area contributed by atoms with Crippen LogP contribution in [0, 0.1) is 0 Å². The van der Waals surface area contributed by atoms with Crippen molar-refractivity contribution in [3.63, 3.8) is 0 Å². The number of aryl methyl sites for hydroxylation is 1. The Morgan fingerprint density at radius 2 is 2.00 bits per heavy atom. The van der Waals surface area contributed by atoms with E-state index in [2.05, 4.69) is 9.82 Å². The van der Waals surface area contributed by atoms with Crippen LogP contribution in [0.1, 0.15) is 20.3 Å². The second-order valence-electron chi connectivity index (χ2n) is 4.29. The van der Waals surface area contributed by atoms with E-state index in [4.69, 9.17) is 5.73 Å². The zero-order chi connectivity index (χ0) is 14.7. The Morgan fingerprint density at radius 3 is 2.37 bits per heavy atom. The number of aliphatic hydroxyl groups excluding tert-OH is 2. The molecule has 110 valence electrons. The first-order valence-electron chi connectivity index (χ1n) is 5.92. The third-order valence-corrected chi connectivity index (χ3v) is 4.60. The molecule has 0 aliphatic heterocycles. The highest BCUT2D eigenvalue weighted by atomic mass is 32.2. The largest absolute Gasteiger partial charge is 0.394 e. The topological polar surface area (TPSA) is 130 Å². The number of nitrogens with zero attached hydrogens (tertiary/aromatic N) is 2. The molecule has 1 aromatic heterocycles. The second kappa shape index (κ2) is 5.87. The number of nitrogens with one attached hydrogen (secondary N) is 1. The van der Waals surface area contributed by atoms with E-state index in [0.29, 0.717) is 6.54 Å². The molecule has 8 nitrogen and oxygen atoms in total. The number of aromatic nitrogens is 2. The number of nitrogen functional groups attached to an aromatic ring is 1. The van der Waals surface area contributed by atoms with E-state index in [-0.39, 0.29) is 17.1 Å². The van der Waals surface area contributed by atoms with E-state index in [1.807, 2.05) is 0 Å². The molecule has 0 saturated heterocycles. The molecule has 0 fully saturated rings. The van der Waals surface area contributed by atoms with Crippen LogP contribution in [0.5, 0.6) is 0 Å². The van der Waals surface area contributed by atoms with Crippen LogP contribution in [-0.2, 0) is 16.6 Å². The van der Waals surface area contributed by atoms with Crippen molar-refractivity contribution in [3.8, 4) is 0 Å². The summed E-state index contributed by atoms with van der Waals surface area (Å²) >= 11 is 0. The van der Waals surface area contributed by atoms with Gasteiger partial charge in [0.2, 0.25) is 10.0 Å². The summed E-state index contributed by atoms with van der Waals surface area (Å²) in [6, 6.07) is 0. The molecule has 0 unspecified atom stereocenters. The fraction of sp³-hybridized carbons (Fsp3) is 0.700. The van der Waals surface area contributed by atoms with Crippen LogP contribution >= 0.6 is 0 Å². The van der Waals surface area contributed by atoms with Gasteiger partial charge in [-0.15, -0.1) is 0 Å². The number of rotatable bonds is 7. The standard InChI is InChI=1S/C10H20N4O4S/c1-3-10(6-15,7-16)13-19(17,18)8-5-14(4-2)12-9(8)11/h5,13,15-16H,3-4,6-7H2,1-2H3,(H2,11,12). The molecule has 0 radical (unpaired) electrons. The minimum atomic E-state index is -3.95. The quantitative estimate of drug-likeness (QED) is 0.504. The zero-order valence-electron chi connectivity index (χ0n) is 11.0. The monoisotopic (exact) mass is 292 g/mol. The minimum Gasteiger partial charge on any atom is -0.394 e. The number of hydrogen-bond donors (Lipinski definition) is 4. The summed E-state index contributed by atoms with van der Waals surface area (Å²) in [6.07, 6.45) is 1.55. The summed E-state index contributed by atoms with van der Waals surface area (Å²) < 4.78 is 28.1. The summed E-state index contributed by atoms with van der Waals surface area (Å²) in [5.41, 5.74) is 4.26. The molecule has 1 rings (SSSR count). The van der Waals surface area contributed by atoms with Crippen LogP contribution in [-0.4, -0.2) is 47.2 Å². The third-order valence-electron chi connectivity index (χ3n) is 3.00. The molecule has 9 heteroatoms. The predicted octanol–water partition coefficient (Wildman–Crippen LogP) is -1.10. The molecular weight excluding hydrogens is 272 g/mol. The number of anilines is 1. The van der Waals surface area contributed by atoms with E-state index in [0.717, 1.165) is 0 Å². The van der Waals surface area contributed by atoms with Gasteiger partial charge in [0.05, 0.1) is 18.8 Å². The fourth-order valence-electron chi connectivity index (χ4n) is 1.54. The smallest absolute Gasteiger partial charge is 0.246 e. The lowest BCUT2D eigenvalue weighted by molar-refractivity contribution is 0.105. The van der Waals surface area contributed by atoms with E-state index in [1.165, 1.54) is 10.9 Å². The Kier molecular flexibility index (Phi) is 4.91. The van der Waals surface area contributed by atoms with Gasteiger partial charge in [0.1, 0.15) is 4.90 Å². The molecule has 0 amide bonds. The van der Waals surface area contributed by atoms with Crippen LogP contribution < -0.4 is 10.5 Å². The maximum absolute atomic E-state index is 12.2. The minimum absolute atomic E-state index is 0.116. The van der Waals surface area contributed by atoms with Gasteiger partial charge in [-0.1, -0.05) is 6.92 Å². The van der Waals surface area contributed by atoms with E-state index in [1.54, 1.807) is 13.8 Å². The van der Waals surface area contributed by atoms with Crippen molar-refractivity contribution in [2.75, 3.05) is 18.9 Å². The maximum atomic E-state index is 12.2. The van der Waals surface area contributed by atoms with Crippen LogP contribution in [0.2, 0.25) is 0 Å². The lowest BCUT2D eigenvalue weighted by atomic mass is 10.0. The Bertz CT molecular complexity index is 513. The van der Waals surface area contributed by atoms with Gasteiger partial charge in [-0.3, -0.25) is 4.68 Å². The Labute approximate surface area is 112 Å². The SMILES string of the molecule is CCn1cc(S(=O)(=O)NC(CC)(CO)CO)c(N)n1. The molecule has 5 N–H and O–H groups in total. The van der Waals surface area contributed by atoms with Gasteiger partial charge in [0, 0.05) is 12.7 Å². The molecule has 0 bridgehead atoms. The highest BCUT2D eigenvalue weighted by Gasteiger charge is 2.34. The lowest BCUT2D eigenvalue weighted by Crippen LogP contribution is -2.53. The number of aliphatic hydroxyl groups is 2. The molecule has 1 aromatic rings. The summed E-state index contributed by atoms with van der Waals surface area (Å²) in [5.74, 6) is -0.116. The van der Waals surface area contributed by atoms with E-state index < -0.39 is 28.8 Å². The number of nitrogens with two attached hydrogens (primary N) is 1. The first-order chi connectivity index (χ1) is 8.84. The molecule has 0 saturated carbocycles. The number of sulfonamides is 1. The van der Waals surface area contributed by atoms with Gasteiger partial charge < -0.3 is 15.9 Å². The molecule has 19 heavy (non-hydrogen) atoms. The predicted molar refractivity (Wildman–Crippen MR) is 69.8 cm³/mol. The highest BCUT2D eigenvalue weighted by molar-refractivity contribution is 7.89. The third kappa shape index (κ3) is 3.24. The van der Waals surface area contributed by atoms with Gasteiger partial charge in [0.15, 0.2) is 5.82 Å².